The third-order valence-corrected chi connectivity index (χ3v) is 6.50. The lowest BCUT2D eigenvalue weighted by molar-refractivity contribution is -0.115. The Kier molecular flexibility index (Phi) is 5.93. The number of nitrogens with zero attached hydrogens (tertiary/aromatic N) is 1. The molecule has 5 rings (SSSR count). The first-order chi connectivity index (χ1) is 16.1. The maximum Gasteiger partial charge on any atom is 0.261 e. The predicted molar refractivity (Wildman–Crippen MR) is 124 cm³/mol. The molecule has 7 nitrogen and oxygen atoms in total. The topological polar surface area (TPSA) is 84.9 Å². The molecule has 168 valence electrons. The van der Waals surface area contributed by atoms with Gasteiger partial charge in [0.2, 0.25) is 5.91 Å². The summed E-state index contributed by atoms with van der Waals surface area (Å²) in [6.07, 6.45) is 2.01. The zero-order valence-electron chi connectivity index (χ0n) is 17.8. The minimum Gasteiger partial charge on any atom is -0.457 e. The van der Waals surface area contributed by atoms with Crippen LogP contribution in [0.5, 0.6) is 11.5 Å². The van der Waals surface area contributed by atoms with Gasteiger partial charge in [0.05, 0.1) is 30.2 Å². The molecule has 0 aliphatic carbocycles. The van der Waals surface area contributed by atoms with E-state index in [1.807, 2.05) is 17.5 Å². The first-order valence-electron chi connectivity index (χ1n) is 10.8. The number of hydrogen-bond donors (Lipinski definition) is 1. The van der Waals surface area contributed by atoms with Gasteiger partial charge in [-0.15, -0.1) is 11.3 Å². The zero-order valence-corrected chi connectivity index (χ0v) is 18.6. The number of thiophene rings is 1. The van der Waals surface area contributed by atoms with Crippen LogP contribution in [0.4, 0.5) is 5.69 Å². The summed E-state index contributed by atoms with van der Waals surface area (Å²) < 4.78 is 11.5. The number of rotatable bonds is 7. The van der Waals surface area contributed by atoms with Crippen LogP contribution >= 0.6 is 11.3 Å². The number of anilines is 1. The van der Waals surface area contributed by atoms with Crippen LogP contribution in [0.15, 0.2) is 60.0 Å². The van der Waals surface area contributed by atoms with E-state index in [9.17, 15) is 14.4 Å². The number of benzene rings is 2. The Morgan fingerprint density at radius 2 is 1.91 bits per heavy atom. The lowest BCUT2D eigenvalue weighted by Gasteiger charge is -2.17. The minimum atomic E-state index is -0.328. The molecule has 33 heavy (non-hydrogen) atoms. The maximum absolute atomic E-state index is 12.9. The maximum atomic E-state index is 12.9. The number of carbonyl (C=O) groups is 3. The summed E-state index contributed by atoms with van der Waals surface area (Å²) in [7, 11) is 0. The van der Waals surface area contributed by atoms with Crippen LogP contribution < -0.4 is 10.1 Å². The average Bonchev–Trinajstić information content (AvgIpc) is 3.54. The van der Waals surface area contributed by atoms with Gasteiger partial charge in [-0.3, -0.25) is 19.3 Å². The number of amides is 3. The van der Waals surface area contributed by atoms with E-state index < -0.39 is 0 Å². The monoisotopic (exact) mass is 462 g/mol. The Balaban J connectivity index is 1.27. The normalized spacial score (nSPS) is 17.3. The molecule has 1 atom stereocenters. The van der Waals surface area contributed by atoms with Gasteiger partial charge in [0.1, 0.15) is 11.5 Å². The molecule has 3 heterocycles. The summed E-state index contributed by atoms with van der Waals surface area (Å²) in [6.45, 7) is 0.940. The Hall–Kier alpha value is -3.49. The molecule has 1 aromatic heterocycles. The molecular weight excluding hydrogens is 440 g/mol. The summed E-state index contributed by atoms with van der Waals surface area (Å²) in [5.74, 6) is 0.216. The molecule has 1 fully saturated rings. The molecule has 1 saturated heterocycles. The van der Waals surface area contributed by atoms with Crippen molar-refractivity contribution in [3.8, 4) is 11.5 Å². The van der Waals surface area contributed by atoms with Crippen molar-refractivity contribution >= 4 is 34.7 Å². The van der Waals surface area contributed by atoms with Crippen molar-refractivity contribution in [3.05, 3.63) is 76.0 Å². The van der Waals surface area contributed by atoms with Crippen LogP contribution in [0.25, 0.3) is 0 Å². The number of ether oxygens (including phenoxy) is 2. The highest BCUT2D eigenvalue weighted by Crippen LogP contribution is 2.31. The molecule has 0 bridgehead atoms. The quantitative estimate of drug-likeness (QED) is 0.523. The number of nitrogens with one attached hydrogen (secondary N) is 1. The van der Waals surface area contributed by atoms with Crippen molar-refractivity contribution < 1.29 is 23.9 Å². The van der Waals surface area contributed by atoms with Gasteiger partial charge in [-0.05, 0) is 54.6 Å². The highest BCUT2D eigenvalue weighted by molar-refractivity contribution is 7.10. The van der Waals surface area contributed by atoms with Gasteiger partial charge in [-0.2, -0.15) is 0 Å². The molecule has 2 aliphatic rings. The van der Waals surface area contributed by atoms with Gasteiger partial charge in [-0.1, -0.05) is 12.1 Å². The molecule has 0 saturated carbocycles. The van der Waals surface area contributed by atoms with Gasteiger partial charge in [0.15, 0.2) is 0 Å². The van der Waals surface area contributed by atoms with E-state index in [0.717, 1.165) is 17.7 Å². The van der Waals surface area contributed by atoms with Crippen LogP contribution in [0, 0.1) is 0 Å². The number of fused-ring (bicyclic) bond motifs is 1. The molecule has 8 heteroatoms. The lowest BCUT2D eigenvalue weighted by atomic mass is 10.1. The van der Waals surface area contributed by atoms with Crippen molar-refractivity contribution in [3.63, 3.8) is 0 Å². The molecule has 1 unspecified atom stereocenters. The average molecular weight is 463 g/mol. The predicted octanol–water partition coefficient (Wildman–Crippen LogP) is 4.50. The van der Waals surface area contributed by atoms with E-state index >= 15 is 0 Å². The van der Waals surface area contributed by atoms with Crippen molar-refractivity contribution in [2.24, 2.45) is 0 Å². The number of carbonyl (C=O) groups excluding carboxylic acids is 3. The van der Waals surface area contributed by atoms with Gasteiger partial charge in [0, 0.05) is 23.2 Å². The summed E-state index contributed by atoms with van der Waals surface area (Å²) in [6, 6.07) is 15.8. The van der Waals surface area contributed by atoms with Gasteiger partial charge in [0.25, 0.3) is 11.8 Å². The van der Waals surface area contributed by atoms with Crippen molar-refractivity contribution in [1.29, 1.82) is 0 Å². The van der Waals surface area contributed by atoms with Crippen molar-refractivity contribution in [1.82, 2.24) is 4.90 Å². The second kappa shape index (κ2) is 9.17. The van der Waals surface area contributed by atoms with Gasteiger partial charge < -0.3 is 14.8 Å². The standard InChI is InChI=1S/C25H22N2O5S/c28-23(14-20-7-3-11-33-20)26-16-4-1-5-17(12-16)32-18-8-9-21-22(13-18)25(30)27(24(21)29)15-19-6-2-10-31-19/h1,3-5,7-9,11-13,19H,2,6,10,14-15H2,(H,26,28). The third-order valence-electron chi connectivity index (χ3n) is 5.62. The highest BCUT2D eigenvalue weighted by atomic mass is 32.1. The Morgan fingerprint density at radius 3 is 2.70 bits per heavy atom. The van der Waals surface area contributed by atoms with E-state index in [-0.39, 0.29) is 30.4 Å². The van der Waals surface area contributed by atoms with Crippen LogP contribution in [-0.4, -0.2) is 41.9 Å². The smallest absolute Gasteiger partial charge is 0.261 e. The largest absolute Gasteiger partial charge is 0.457 e. The number of imide groups is 1. The summed E-state index contributed by atoms with van der Waals surface area (Å²) in [5, 5.41) is 4.81. The molecule has 0 radical (unpaired) electrons. The van der Waals surface area contributed by atoms with Crippen LogP contribution in [0.3, 0.4) is 0 Å². The van der Waals surface area contributed by atoms with E-state index in [1.54, 1.807) is 42.5 Å². The van der Waals surface area contributed by atoms with Crippen molar-refractivity contribution in [2.45, 2.75) is 25.4 Å². The Labute approximate surface area is 194 Å². The first-order valence-corrected chi connectivity index (χ1v) is 11.7. The molecule has 3 amide bonds. The number of hydrogen-bond acceptors (Lipinski definition) is 6. The fourth-order valence-electron chi connectivity index (χ4n) is 4.04. The molecular formula is C25H22N2O5S. The molecule has 2 aromatic carbocycles. The van der Waals surface area contributed by atoms with Crippen LogP contribution in [-0.2, 0) is 16.0 Å². The van der Waals surface area contributed by atoms with E-state index in [1.165, 1.54) is 16.2 Å². The lowest BCUT2D eigenvalue weighted by Crippen LogP contribution is -2.36. The second-order valence-electron chi connectivity index (χ2n) is 8.00. The van der Waals surface area contributed by atoms with Crippen LogP contribution in [0.1, 0.15) is 38.4 Å². The zero-order chi connectivity index (χ0) is 22.8. The fraction of sp³-hybridized carbons (Fsp3) is 0.240. The summed E-state index contributed by atoms with van der Waals surface area (Å²) >= 11 is 1.54. The highest BCUT2D eigenvalue weighted by Gasteiger charge is 2.37. The van der Waals surface area contributed by atoms with Gasteiger partial charge in [-0.25, -0.2) is 0 Å². The fourth-order valence-corrected chi connectivity index (χ4v) is 4.74. The SMILES string of the molecule is O=C(Cc1cccs1)Nc1cccc(Oc2ccc3c(c2)C(=O)N(CC2CCCO2)C3=O)c1. The van der Waals surface area contributed by atoms with E-state index in [4.69, 9.17) is 9.47 Å². The van der Waals surface area contributed by atoms with Crippen LogP contribution in [0.2, 0.25) is 0 Å². The molecule has 3 aromatic rings. The second-order valence-corrected chi connectivity index (χ2v) is 9.03. The Morgan fingerprint density at radius 1 is 1.06 bits per heavy atom. The molecule has 2 aliphatic heterocycles. The Bertz CT molecular complexity index is 1200. The molecule has 1 N–H and O–H groups in total. The van der Waals surface area contributed by atoms with Crippen molar-refractivity contribution in [2.75, 3.05) is 18.5 Å². The summed E-state index contributed by atoms with van der Waals surface area (Å²) in [5.41, 5.74) is 1.32. The van der Waals surface area contributed by atoms with E-state index in [2.05, 4.69) is 5.32 Å². The molecule has 0 spiro atoms. The first kappa shape index (κ1) is 21.4. The van der Waals surface area contributed by atoms with Gasteiger partial charge >= 0.3 is 0 Å². The minimum absolute atomic E-state index is 0.0966. The summed E-state index contributed by atoms with van der Waals surface area (Å²) in [4.78, 5) is 40.1. The van der Waals surface area contributed by atoms with E-state index in [0.29, 0.717) is 41.3 Å². The third kappa shape index (κ3) is 4.67.